The Kier molecular flexibility index (Phi) is 14.2. The standard InChI is InChI=1S/C28H38O20/c1-11(29)39-9-19-21(42-13(3)31)23(44-15(5)33)25(46-17(7)35)28(48-19,27(36)37)40-10-18-20(41-12(2)30)22(43-14(4)32)24(45-16(6)34)26(38-8)47-18/h18-26H,9-10H2,1-8H3,(H,36,37)/t18-,19-,20-,21-,22+,23+,24-,25+,26+,28-/m1/s1. The molecule has 20 heteroatoms. The van der Waals surface area contributed by atoms with Gasteiger partial charge in [0, 0.05) is 55.6 Å². The van der Waals surface area contributed by atoms with Gasteiger partial charge in [0.25, 0.3) is 0 Å². The number of hydrogen-bond acceptors (Lipinski definition) is 19. The van der Waals surface area contributed by atoms with E-state index >= 15 is 0 Å². The molecule has 2 fully saturated rings. The lowest BCUT2D eigenvalue weighted by molar-refractivity contribution is -0.366. The maximum atomic E-state index is 13.1. The van der Waals surface area contributed by atoms with Crippen LogP contribution in [0.1, 0.15) is 48.5 Å². The Morgan fingerprint density at radius 1 is 0.562 bits per heavy atom. The van der Waals surface area contributed by atoms with Gasteiger partial charge in [-0.25, -0.2) is 4.79 Å². The molecule has 0 unspecified atom stereocenters. The third-order valence-corrected chi connectivity index (χ3v) is 6.53. The Morgan fingerprint density at radius 3 is 1.44 bits per heavy atom. The molecule has 2 saturated heterocycles. The maximum absolute atomic E-state index is 13.1. The quantitative estimate of drug-likeness (QED) is 0.174. The van der Waals surface area contributed by atoms with E-state index < -0.39 is 122 Å². The minimum Gasteiger partial charge on any atom is -0.477 e. The molecule has 2 rings (SSSR count). The van der Waals surface area contributed by atoms with Crippen molar-refractivity contribution in [1.29, 1.82) is 0 Å². The van der Waals surface area contributed by atoms with E-state index in [1.165, 1.54) is 0 Å². The highest BCUT2D eigenvalue weighted by atomic mass is 16.8. The minimum atomic E-state index is -3.15. The highest BCUT2D eigenvalue weighted by molar-refractivity contribution is 5.79. The molecule has 1 N–H and O–H groups in total. The fourth-order valence-electron chi connectivity index (χ4n) is 5.00. The lowest BCUT2D eigenvalue weighted by atomic mass is 9.91. The first-order chi connectivity index (χ1) is 22.3. The molecule has 0 amide bonds. The van der Waals surface area contributed by atoms with Gasteiger partial charge in [-0.05, 0) is 0 Å². The van der Waals surface area contributed by atoms with Crippen LogP contribution in [0.15, 0.2) is 0 Å². The van der Waals surface area contributed by atoms with Crippen LogP contribution in [0, 0.1) is 0 Å². The predicted molar refractivity (Wildman–Crippen MR) is 147 cm³/mol. The molecule has 0 radical (unpaired) electrons. The van der Waals surface area contributed by atoms with Crippen molar-refractivity contribution in [2.24, 2.45) is 0 Å². The van der Waals surface area contributed by atoms with E-state index in [1.807, 2.05) is 0 Å². The molecule has 0 bridgehead atoms. The number of carboxylic acid groups (broad SMARTS) is 1. The molecule has 0 aromatic carbocycles. The Morgan fingerprint density at radius 2 is 1.00 bits per heavy atom. The summed E-state index contributed by atoms with van der Waals surface area (Å²) >= 11 is 0. The van der Waals surface area contributed by atoms with Gasteiger partial charge in [0.2, 0.25) is 6.10 Å². The van der Waals surface area contributed by atoms with Crippen molar-refractivity contribution in [2.45, 2.75) is 109 Å². The van der Waals surface area contributed by atoms with Crippen molar-refractivity contribution < 1.29 is 95.6 Å². The van der Waals surface area contributed by atoms with E-state index in [-0.39, 0.29) is 0 Å². The number of rotatable bonds is 13. The van der Waals surface area contributed by atoms with Crippen LogP contribution in [0.5, 0.6) is 0 Å². The number of esters is 7. The lowest BCUT2D eigenvalue weighted by Crippen LogP contribution is -2.72. The van der Waals surface area contributed by atoms with Crippen molar-refractivity contribution >= 4 is 47.8 Å². The first-order valence-electron chi connectivity index (χ1n) is 14.2. The Balaban J connectivity index is 2.72. The normalized spacial score (nSPS) is 31.3. The molecule has 0 saturated carbocycles. The molecule has 48 heavy (non-hydrogen) atoms. The highest BCUT2D eigenvalue weighted by Crippen LogP contribution is 2.39. The van der Waals surface area contributed by atoms with E-state index in [4.69, 9.17) is 52.1 Å². The van der Waals surface area contributed by atoms with Gasteiger partial charge in [0.05, 0.1) is 6.61 Å². The van der Waals surface area contributed by atoms with Gasteiger partial charge in [-0.15, -0.1) is 0 Å². The van der Waals surface area contributed by atoms with Gasteiger partial charge in [-0.3, -0.25) is 33.6 Å². The van der Waals surface area contributed by atoms with Gasteiger partial charge in [-0.1, -0.05) is 0 Å². The molecule has 0 aromatic rings. The second kappa shape index (κ2) is 17.1. The van der Waals surface area contributed by atoms with Crippen molar-refractivity contribution in [1.82, 2.24) is 0 Å². The molecular weight excluding hydrogens is 656 g/mol. The predicted octanol–water partition coefficient (Wildman–Crippen LogP) is -1.29. The summed E-state index contributed by atoms with van der Waals surface area (Å²) in [6.07, 6.45) is -15.5. The second-order valence-electron chi connectivity index (χ2n) is 10.4. The van der Waals surface area contributed by atoms with E-state index in [0.717, 1.165) is 55.6 Å². The Bertz CT molecular complexity index is 1250. The zero-order chi connectivity index (χ0) is 36.5. The van der Waals surface area contributed by atoms with E-state index in [0.29, 0.717) is 0 Å². The molecule has 0 aromatic heterocycles. The average molecular weight is 695 g/mol. The zero-order valence-corrected chi connectivity index (χ0v) is 27.3. The number of carbonyl (C=O) groups is 8. The summed E-state index contributed by atoms with van der Waals surface area (Å²) in [5, 5.41) is 10.6. The fourth-order valence-corrected chi connectivity index (χ4v) is 5.00. The van der Waals surface area contributed by atoms with Gasteiger partial charge in [0.1, 0.15) is 18.8 Å². The molecule has 2 aliphatic heterocycles. The highest BCUT2D eigenvalue weighted by Gasteiger charge is 2.66. The van der Waals surface area contributed by atoms with Crippen molar-refractivity contribution in [3.05, 3.63) is 0 Å². The molecule has 10 atom stereocenters. The van der Waals surface area contributed by atoms with Crippen molar-refractivity contribution in [3.8, 4) is 0 Å². The molecule has 2 aliphatic rings. The van der Waals surface area contributed by atoms with Crippen molar-refractivity contribution in [3.63, 3.8) is 0 Å². The van der Waals surface area contributed by atoms with Gasteiger partial charge in [0.15, 0.2) is 36.8 Å². The monoisotopic (exact) mass is 694 g/mol. The van der Waals surface area contributed by atoms with E-state index in [9.17, 15) is 43.5 Å². The average Bonchev–Trinajstić information content (AvgIpc) is 2.94. The Labute approximate surface area is 273 Å². The van der Waals surface area contributed by atoms with Crippen LogP contribution in [0.4, 0.5) is 0 Å². The number of ether oxygens (including phenoxy) is 11. The van der Waals surface area contributed by atoms with Crippen LogP contribution < -0.4 is 0 Å². The summed E-state index contributed by atoms with van der Waals surface area (Å²) in [6.45, 7) is 5.08. The summed E-state index contributed by atoms with van der Waals surface area (Å²) in [7, 11) is 1.13. The fraction of sp³-hybridized carbons (Fsp3) is 0.714. The lowest BCUT2D eigenvalue weighted by Gasteiger charge is -2.49. The van der Waals surface area contributed by atoms with Gasteiger partial charge in [-0.2, -0.15) is 0 Å². The molecular formula is C28H38O20. The number of carboxylic acids is 1. The molecule has 270 valence electrons. The second-order valence-corrected chi connectivity index (χ2v) is 10.4. The van der Waals surface area contributed by atoms with Crippen LogP contribution >= 0.6 is 0 Å². The third-order valence-electron chi connectivity index (χ3n) is 6.53. The maximum Gasteiger partial charge on any atom is 0.368 e. The SMILES string of the molecule is CO[C@H]1O[C@H](CO[C@@]2(C(=O)O)O[C@H](COC(C)=O)[C@@H](OC(C)=O)[C@H](OC(C)=O)[C@@H]2OC(C)=O)[C@@H](OC(C)=O)[C@H](OC(C)=O)[C@H]1OC(C)=O. The molecule has 0 aliphatic carbocycles. The summed E-state index contributed by atoms with van der Waals surface area (Å²) < 4.78 is 59.3. The number of hydrogen-bond donors (Lipinski definition) is 1. The first kappa shape index (κ1) is 39.8. The summed E-state index contributed by atoms with van der Waals surface area (Å²) in [4.78, 5) is 97.4. The van der Waals surface area contributed by atoms with E-state index in [2.05, 4.69) is 0 Å². The van der Waals surface area contributed by atoms with Crippen LogP contribution in [0.2, 0.25) is 0 Å². The number of carbonyl (C=O) groups excluding carboxylic acids is 7. The summed E-state index contributed by atoms with van der Waals surface area (Å²) in [5.41, 5.74) is 0. The molecule has 2 heterocycles. The van der Waals surface area contributed by atoms with Crippen LogP contribution in [0.25, 0.3) is 0 Å². The molecule has 0 spiro atoms. The van der Waals surface area contributed by atoms with Gasteiger partial charge < -0.3 is 57.2 Å². The number of aliphatic carboxylic acids is 1. The first-order valence-corrected chi connectivity index (χ1v) is 14.2. The molecule has 20 nitrogen and oxygen atoms in total. The minimum absolute atomic E-state index is 0.781. The van der Waals surface area contributed by atoms with E-state index in [1.54, 1.807) is 0 Å². The topological polar surface area (TPSA) is 258 Å². The third kappa shape index (κ3) is 10.3. The van der Waals surface area contributed by atoms with Crippen molar-refractivity contribution in [2.75, 3.05) is 20.3 Å². The summed E-state index contributed by atoms with van der Waals surface area (Å²) in [6, 6.07) is 0. The summed E-state index contributed by atoms with van der Waals surface area (Å²) in [5.74, 6) is -11.9. The Hall–Kier alpha value is -4.40. The number of methoxy groups -OCH3 is 1. The largest absolute Gasteiger partial charge is 0.477 e. The van der Waals surface area contributed by atoms with Crippen LogP contribution in [-0.4, -0.2) is 134 Å². The van der Waals surface area contributed by atoms with Crippen LogP contribution in [-0.2, 0) is 90.5 Å². The van der Waals surface area contributed by atoms with Crippen LogP contribution in [0.3, 0.4) is 0 Å². The van der Waals surface area contributed by atoms with Gasteiger partial charge >= 0.3 is 53.5 Å². The zero-order valence-electron chi connectivity index (χ0n) is 27.3. The smallest absolute Gasteiger partial charge is 0.368 e.